The highest BCUT2D eigenvalue weighted by molar-refractivity contribution is 7.09. The van der Waals surface area contributed by atoms with E-state index >= 15 is 0 Å². The molecular weight excluding hydrogens is 336 g/mol. The third kappa shape index (κ3) is 3.97. The lowest BCUT2D eigenvalue weighted by atomic mass is 10.2. The summed E-state index contributed by atoms with van der Waals surface area (Å²) in [6, 6.07) is 14.9. The third-order valence-corrected chi connectivity index (χ3v) is 4.54. The molecule has 5 nitrogen and oxygen atoms in total. The van der Waals surface area contributed by atoms with Crippen molar-refractivity contribution in [2.45, 2.75) is 6.54 Å². The van der Waals surface area contributed by atoms with Gasteiger partial charge in [-0.05, 0) is 36.4 Å². The summed E-state index contributed by atoms with van der Waals surface area (Å²) in [6.07, 6.45) is 0. The van der Waals surface area contributed by atoms with Gasteiger partial charge in [0.15, 0.2) is 0 Å². The summed E-state index contributed by atoms with van der Waals surface area (Å²) < 4.78 is 10.4. The number of hydrogen-bond acceptors (Lipinski definition) is 5. The van der Waals surface area contributed by atoms with Gasteiger partial charge in [-0.3, -0.25) is 4.79 Å². The first-order chi connectivity index (χ1) is 12.2. The number of carbonyl (C=O) groups excluding carboxylic acids is 1. The first kappa shape index (κ1) is 17.0. The van der Waals surface area contributed by atoms with Gasteiger partial charge in [0, 0.05) is 10.9 Å². The fraction of sp³-hybridized carbons (Fsp3) is 0.158. The van der Waals surface area contributed by atoms with E-state index in [-0.39, 0.29) is 5.91 Å². The van der Waals surface area contributed by atoms with Gasteiger partial charge in [-0.2, -0.15) is 0 Å². The zero-order valence-electron chi connectivity index (χ0n) is 14.0. The van der Waals surface area contributed by atoms with Crippen molar-refractivity contribution >= 4 is 17.2 Å². The maximum Gasteiger partial charge on any atom is 0.255 e. The van der Waals surface area contributed by atoms with Crippen LogP contribution in [0, 0.1) is 0 Å². The molecular formula is C19H18N2O3S. The highest BCUT2D eigenvalue weighted by atomic mass is 32.1. The average Bonchev–Trinajstić information content (AvgIpc) is 3.15. The van der Waals surface area contributed by atoms with E-state index in [1.807, 2.05) is 41.8 Å². The van der Waals surface area contributed by atoms with Crippen LogP contribution in [-0.2, 0) is 6.54 Å². The third-order valence-electron chi connectivity index (χ3n) is 3.69. The molecule has 0 fully saturated rings. The van der Waals surface area contributed by atoms with E-state index < -0.39 is 0 Å². The summed E-state index contributed by atoms with van der Waals surface area (Å²) in [6.45, 7) is 0.373. The topological polar surface area (TPSA) is 60.5 Å². The lowest BCUT2D eigenvalue weighted by molar-refractivity contribution is 0.0948. The summed E-state index contributed by atoms with van der Waals surface area (Å²) in [4.78, 5) is 16.9. The molecule has 0 saturated carbocycles. The zero-order chi connectivity index (χ0) is 17.6. The molecule has 3 rings (SSSR count). The zero-order valence-corrected chi connectivity index (χ0v) is 14.8. The molecule has 0 aliphatic carbocycles. The Kier molecular flexibility index (Phi) is 5.30. The molecule has 0 unspecified atom stereocenters. The minimum atomic E-state index is -0.182. The summed E-state index contributed by atoms with van der Waals surface area (Å²) in [5, 5.41) is 5.70. The Morgan fingerprint density at radius 1 is 1.08 bits per heavy atom. The van der Waals surface area contributed by atoms with E-state index in [9.17, 15) is 4.79 Å². The van der Waals surface area contributed by atoms with Crippen LogP contribution in [-0.4, -0.2) is 25.1 Å². The van der Waals surface area contributed by atoms with Crippen molar-refractivity contribution < 1.29 is 14.3 Å². The summed E-state index contributed by atoms with van der Waals surface area (Å²) in [7, 11) is 3.19. The quantitative estimate of drug-likeness (QED) is 0.732. The molecule has 0 aliphatic rings. The molecule has 0 bridgehead atoms. The second-order valence-electron chi connectivity index (χ2n) is 5.24. The van der Waals surface area contributed by atoms with E-state index in [0.717, 1.165) is 22.0 Å². The number of nitrogens with one attached hydrogen (secondary N) is 1. The predicted octanol–water partition coefficient (Wildman–Crippen LogP) is 3.76. The number of carbonyl (C=O) groups is 1. The fourth-order valence-electron chi connectivity index (χ4n) is 2.37. The molecule has 0 atom stereocenters. The second kappa shape index (κ2) is 7.81. The normalized spacial score (nSPS) is 10.3. The van der Waals surface area contributed by atoms with Gasteiger partial charge < -0.3 is 14.8 Å². The van der Waals surface area contributed by atoms with Crippen LogP contribution in [0.3, 0.4) is 0 Å². The monoisotopic (exact) mass is 354 g/mol. The lowest BCUT2D eigenvalue weighted by Gasteiger charge is -2.07. The van der Waals surface area contributed by atoms with Crippen LogP contribution in [0.15, 0.2) is 53.9 Å². The first-order valence-electron chi connectivity index (χ1n) is 7.71. The summed E-state index contributed by atoms with van der Waals surface area (Å²) >= 11 is 1.51. The Bertz CT molecular complexity index is 859. The molecule has 0 aliphatic heterocycles. The molecule has 1 heterocycles. The van der Waals surface area contributed by atoms with E-state index in [4.69, 9.17) is 9.47 Å². The largest absolute Gasteiger partial charge is 0.497 e. The van der Waals surface area contributed by atoms with Crippen LogP contribution in [0.1, 0.15) is 15.4 Å². The highest BCUT2D eigenvalue weighted by Crippen LogP contribution is 2.24. The molecule has 0 spiro atoms. The van der Waals surface area contributed by atoms with E-state index in [1.54, 1.807) is 26.4 Å². The lowest BCUT2D eigenvalue weighted by Crippen LogP contribution is -2.23. The average molecular weight is 354 g/mol. The van der Waals surface area contributed by atoms with Crippen molar-refractivity contribution in [3.63, 3.8) is 0 Å². The van der Waals surface area contributed by atoms with Crippen molar-refractivity contribution in [2.75, 3.05) is 14.2 Å². The molecule has 1 aromatic heterocycles. The predicted molar refractivity (Wildman–Crippen MR) is 98.3 cm³/mol. The maximum absolute atomic E-state index is 12.3. The molecule has 128 valence electrons. The number of ether oxygens (including phenoxy) is 2. The fourth-order valence-corrected chi connectivity index (χ4v) is 3.11. The van der Waals surface area contributed by atoms with Gasteiger partial charge >= 0.3 is 0 Å². The molecule has 0 saturated heterocycles. The maximum atomic E-state index is 12.3. The number of rotatable bonds is 6. The van der Waals surface area contributed by atoms with E-state index in [0.29, 0.717) is 17.9 Å². The van der Waals surface area contributed by atoms with Crippen molar-refractivity contribution in [2.24, 2.45) is 0 Å². The minimum absolute atomic E-state index is 0.182. The van der Waals surface area contributed by atoms with E-state index in [1.165, 1.54) is 11.3 Å². The van der Waals surface area contributed by atoms with Gasteiger partial charge in [0.2, 0.25) is 0 Å². The highest BCUT2D eigenvalue weighted by Gasteiger charge is 2.12. The number of benzene rings is 2. The van der Waals surface area contributed by atoms with E-state index in [2.05, 4.69) is 10.3 Å². The molecule has 25 heavy (non-hydrogen) atoms. The van der Waals surface area contributed by atoms with Crippen LogP contribution >= 0.6 is 11.3 Å². The Hall–Kier alpha value is -2.86. The van der Waals surface area contributed by atoms with Crippen LogP contribution in [0.4, 0.5) is 0 Å². The van der Waals surface area contributed by atoms with Gasteiger partial charge in [0.25, 0.3) is 5.91 Å². The van der Waals surface area contributed by atoms with Crippen LogP contribution < -0.4 is 14.8 Å². The number of thiazole rings is 1. The molecule has 3 aromatic rings. The summed E-state index contributed by atoms with van der Waals surface area (Å²) in [5.41, 5.74) is 2.41. The number of methoxy groups -OCH3 is 2. The standard InChI is InChI=1S/C19H18N2O3S/c1-23-14-9-7-13(8-10-14)16-12-25-18(21-16)11-20-19(22)15-5-3-4-6-17(15)24-2/h3-10,12H,11H2,1-2H3,(H,20,22). The van der Waals surface area contributed by atoms with Gasteiger partial charge in [-0.1, -0.05) is 12.1 Å². The first-order valence-corrected chi connectivity index (χ1v) is 8.59. The Morgan fingerprint density at radius 2 is 1.84 bits per heavy atom. The van der Waals surface area contributed by atoms with Crippen molar-refractivity contribution in [1.29, 1.82) is 0 Å². The van der Waals surface area contributed by atoms with Crippen LogP contribution in [0.2, 0.25) is 0 Å². The van der Waals surface area contributed by atoms with Crippen molar-refractivity contribution in [3.8, 4) is 22.8 Å². The number of para-hydroxylation sites is 1. The van der Waals surface area contributed by atoms with Gasteiger partial charge in [0.05, 0.1) is 32.0 Å². The molecule has 0 radical (unpaired) electrons. The Labute approximate surface area is 150 Å². The second-order valence-corrected chi connectivity index (χ2v) is 6.18. The number of amides is 1. The Morgan fingerprint density at radius 3 is 2.56 bits per heavy atom. The van der Waals surface area contributed by atoms with Gasteiger partial charge in [0.1, 0.15) is 16.5 Å². The SMILES string of the molecule is COc1ccc(-c2csc(CNC(=O)c3ccccc3OC)n2)cc1. The molecule has 1 N–H and O–H groups in total. The molecule has 6 heteroatoms. The number of nitrogens with zero attached hydrogens (tertiary/aromatic N) is 1. The molecule has 2 aromatic carbocycles. The number of hydrogen-bond donors (Lipinski definition) is 1. The van der Waals surface area contributed by atoms with Gasteiger partial charge in [-0.25, -0.2) is 4.98 Å². The van der Waals surface area contributed by atoms with Crippen LogP contribution in [0.5, 0.6) is 11.5 Å². The van der Waals surface area contributed by atoms with Crippen molar-refractivity contribution in [1.82, 2.24) is 10.3 Å². The smallest absolute Gasteiger partial charge is 0.255 e. The van der Waals surface area contributed by atoms with Crippen LogP contribution in [0.25, 0.3) is 11.3 Å². The number of aromatic nitrogens is 1. The summed E-state index contributed by atoms with van der Waals surface area (Å²) in [5.74, 6) is 1.18. The van der Waals surface area contributed by atoms with Gasteiger partial charge in [-0.15, -0.1) is 11.3 Å². The Balaban J connectivity index is 1.66. The minimum Gasteiger partial charge on any atom is -0.497 e. The van der Waals surface area contributed by atoms with Crippen molar-refractivity contribution in [3.05, 3.63) is 64.5 Å². The molecule has 1 amide bonds.